The predicted molar refractivity (Wildman–Crippen MR) is 78.6 cm³/mol. The summed E-state index contributed by atoms with van der Waals surface area (Å²) in [7, 11) is 0. The van der Waals surface area contributed by atoms with Gasteiger partial charge in [-0.1, -0.05) is 23.2 Å². The van der Waals surface area contributed by atoms with Crippen LogP contribution in [0.2, 0.25) is 10.0 Å². The largest absolute Gasteiger partial charge is 0.480 e. The Balaban J connectivity index is 2.79. The molecule has 0 aliphatic rings. The molecule has 0 heterocycles. The summed E-state index contributed by atoms with van der Waals surface area (Å²) in [6.07, 6.45) is -0.523. The van der Waals surface area contributed by atoms with Gasteiger partial charge in [0.15, 0.2) is 0 Å². The Labute approximate surface area is 130 Å². The molecule has 0 unspecified atom stereocenters. The molecule has 1 rings (SSSR count). The molecule has 7 nitrogen and oxygen atoms in total. The fourth-order valence-electron chi connectivity index (χ4n) is 1.46. The Kier molecular flexibility index (Phi) is 5.80. The molecular formula is C12H13Cl2N3O4. The maximum Gasteiger partial charge on any atom is 0.326 e. The van der Waals surface area contributed by atoms with Gasteiger partial charge in [-0.2, -0.15) is 0 Å². The van der Waals surface area contributed by atoms with E-state index in [2.05, 4.69) is 10.6 Å². The van der Waals surface area contributed by atoms with Crippen molar-refractivity contribution in [3.8, 4) is 0 Å². The summed E-state index contributed by atoms with van der Waals surface area (Å²) >= 11 is 11.8. The predicted octanol–water partition coefficient (Wildman–Crippen LogP) is 1.75. The molecule has 0 aromatic heterocycles. The number of hydrogen-bond donors (Lipinski definition) is 4. The molecule has 21 heavy (non-hydrogen) atoms. The molecule has 1 aromatic carbocycles. The number of nitrogens with two attached hydrogens (primary N) is 1. The molecule has 0 radical (unpaired) electrons. The fraction of sp³-hybridized carbons (Fsp3) is 0.250. The highest BCUT2D eigenvalue weighted by atomic mass is 35.5. The summed E-state index contributed by atoms with van der Waals surface area (Å²) in [5.41, 5.74) is 5.85. The van der Waals surface area contributed by atoms with Crippen molar-refractivity contribution in [1.29, 1.82) is 0 Å². The molecule has 0 bridgehead atoms. The van der Waals surface area contributed by atoms with E-state index in [4.69, 9.17) is 34.0 Å². The topological polar surface area (TPSA) is 122 Å². The second kappa shape index (κ2) is 7.14. The van der Waals surface area contributed by atoms with Crippen molar-refractivity contribution in [1.82, 2.24) is 5.32 Å². The smallest absolute Gasteiger partial charge is 0.326 e. The Morgan fingerprint density at radius 3 is 2.43 bits per heavy atom. The van der Waals surface area contributed by atoms with Gasteiger partial charge in [0.25, 0.3) is 0 Å². The van der Waals surface area contributed by atoms with Crippen LogP contribution in [0, 0.1) is 6.92 Å². The Morgan fingerprint density at radius 2 is 1.90 bits per heavy atom. The van der Waals surface area contributed by atoms with Gasteiger partial charge in [0.05, 0.1) is 17.1 Å². The standard InChI is InChI=1S/C12H13Cl2N3O4/c1-5-2-7(14)8(3-6(5)13)16-12(21)17-9(11(19)20)4-10(15)18/h2-3,9H,4H2,1H3,(H2,15,18)(H,19,20)(H2,16,17,21)/t9-/m1/s1. The number of carbonyl (C=O) groups excluding carboxylic acids is 2. The summed E-state index contributed by atoms with van der Waals surface area (Å²) in [4.78, 5) is 33.3. The van der Waals surface area contributed by atoms with Crippen molar-refractivity contribution in [3.05, 3.63) is 27.7 Å². The molecular weight excluding hydrogens is 321 g/mol. The second-order valence-corrected chi connectivity index (χ2v) is 5.06. The van der Waals surface area contributed by atoms with Crippen molar-refractivity contribution in [2.75, 3.05) is 5.32 Å². The number of amides is 3. The van der Waals surface area contributed by atoms with E-state index in [1.807, 2.05) is 0 Å². The van der Waals surface area contributed by atoms with E-state index in [9.17, 15) is 14.4 Å². The van der Waals surface area contributed by atoms with Gasteiger partial charge in [-0.25, -0.2) is 9.59 Å². The Morgan fingerprint density at radius 1 is 1.29 bits per heavy atom. The Bertz CT molecular complexity index is 592. The first-order valence-corrected chi connectivity index (χ1v) is 6.50. The minimum Gasteiger partial charge on any atom is -0.480 e. The third-order valence-corrected chi connectivity index (χ3v) is 3.23. The average molecular weight is 334 g/mol. The first-order valence-electron chi connectivity index (χ1n) is 5.75. The number of benzene rings is 1. The second-order valence-electron chi connectivity index (χ2n) is 4.24. The van der Waals surface area contributed by atoms with Crippen LogP contribution in [0.25, 0.3) is 0 Å². The number of halogens is 2. The number of rotatable bonds is 5. The molecule has 1 aromatic rings. The third-order valence-electron chi connectivity index (χ3n) is 2.51. The maximum atomic E-state index is 11.7. The van der Waals surface area contributed by atoms with Gasteiger partial charge in [0, 0.05) is 5.02 Å². The summed E-state index contributed by atoms with van der Waals surface area (Å²) in [5, 5.41) is 14.0. The van der Waals surface area contributed by atoms with Crippen LogP contribution >= 0.6 is 23.2 Å². The van der Waals surface area contributed by atoms with Gasteiger partial charge in [-0.05, 0) is 24.6 Å². The van der Waals surface area contributed by atoms with E-state index >= 15 is 0 Å². The third kappa shape index (κ3) is 5.13. The first kappa shape index (κ1) is 17.1. The number of nitrogens with one attached hydrogen (secondary N) is 2. The van der Waals surface area contributed by atoms with Crippen LogP contribution in [0.1, 0.15) is 12.0 Å². The monoisotopic (exact) mass is 333 g/mol. The molecule has 0 spiro atoms. The highest BCUT2D eigenvalue weighted by Gasteiger charge is 2.22. The Hall–Kier alpha value is -1.99. The highest BCUT2D eigenvalue weighted by Crippen LogP contribution is 2.28. The molecule has 0 aliphatic heterocycles. The molecule has 1 atom stereocenters. The molecule has 5 N–H and O–H groups in total. The number of carboxylic acid groups (broad SMARTS) is 1. The lowest BCUT2D eigenvalue weighted by Gasteiger charge is -2.14. The quantitative estimate of drug-likeness (QED) is 0.655. The van der Waals surface area contributed by atoms with E-state index in [0.29, 0.717) is 5.02 Å². The molecule has 114 valence electrons. The molecule has 3 amide bonds. The number of urea groups is 1. The minimum absolute atomic E-state index is 0.216. The average Bonchev–Trinajstić information content (AvgIpc) is 2.34. The summed E-state index contributed by atoms with van der Waals surface area (Å²) in [5.74, 6) is -2.23. The van der Waals surface area contributed by atoms with Gasteiger partial charge >= 0.3 is 12.0 Å². The van der Waals surface area contributed by atoms with Crippen LogP contribution in [0.15, 0.2) is 12.1 Å². The van der Waals surface area contributed by atoms with Crippen LogP contribution < -0.4 is 16.4 Å². The van der Waals surface area contributed by atoms with Gasteiger partial charge in [-0.3, -0.25) is 4.79 Å². The molecule has 0 saturated heterocycles. The molecule has 0 saturated carbocycles. The van der Waals surface area contributed by atoms with Crippen molar-refractivity contribution >= 4 is 46.8 Å². The summed E-state index contributed by atoms with van der Waals surface area (Å²) in [6.45, 7) is 1.74. The van der Waals surface area contributed by atoms with E-state index in [-0.39, 0.29) is 10.7 Å². The highest BCUT2D eigenvalue weighted by molar-refractivity contribution is 6.36. The molecule has 0 aliphatic carbocycles. The summed E-state index contributed by atoms with van der Waals surface area (Å²) < 4.78 is 0. The van der Waals surface area contributed by atoms with E-state index in [1.165, 1.54) is 6.07 Å². The van der Waals surface area contributed by atoms with Gasteiger partial charge < -0.3 is 21.5 Å². The molecule has 0 fully saturated rings. The van der Waals surface area contributed by atoms with Crippen molar-refractivity contribution in [2.24, 2.45) is 5.73 Å². The zero-order valence-electron chi connectivity index (χ0n) is 10.9. The maximum absolute atomic E-state index is 11.7. The SMILES string of the molecule is Cc1cc(Cl)c(NC(=O)N[C@H](CC(N)=O)C(=O)O)cc1Cl. The van der Waals surface area contributed by atoms with Gasteiger partial charge in [0.1, 0.15) is 6.04 Å². The number of carboxylic acids is 1. The lowest BCUT2D eigenvalue weighted by molar-refractivity contribution is -0.140. The van der Waals surface area contributed by atoms with Gasteiger partial charge in [-0.15, -0.1) is 0 Å². The van der Waals surface area contributed by atoms with Crippen LogP contribution in [-0.4, -0.2) is 29.1 Å². The van der Waals surface area contributed by atoms with Crippen molar-refractivity contribution in [3.63, 3.8) is 0 Å². The minimum atomic E-state index is -1.43. The number of primary amides is 1. The number of hydrogen-bond acceptors (Lipinski definition) is 3. The van der Waals surface area contributed by atoms with Crippen LogP contribution in [0.3, 0.4) is 0 Å². The fourth-order valence-corrected chi connectivity index (χ4v) is 1.89. The van der Waals surface area contributed by atoms with Crippen molar-refractivity contribution in [2.45, 2.75) is 19.4 Å². The van der Waals surface area contributed by atoms with Crippen molar-refractivity contribution < 1.29 is 19.5 Å². The van der Waals surface area contributed by atoms with E-state index in [1.54, 1.807) is 13.0 Å². The van der Waals surface area contributed by atoms with Crippen LogP contribution in [0.4, 0.5) is 10.5 Å². The lowest BCUT2D eigenvalue weighted by atomic mass is 10.2. The number of carbonyl (C=O) groups is 3. The van der Waals surface area contributed by atoms with Crippen LogP contribution in [0.5, 0.6) is 0 Å². The molecule has 9 heteroatoms. The summed E-state index contributed by atoms with van der Waals surface area (Å²) in [6, 6.07) is 0.716. The number of aliphatic carboxylic acids is 1. The van der Waals surface area contributed by atoms with Gasteiger partial charge in [0.2, 0.25) is 5.91 Å². The number of aryl methyl sites for hydroxylation is 1. The zero-order chi connectivity index (χ0) is 16.2. The number of anilines is 1. The zero-order valence-corrected chi connectivity index (χ0v) is 12.5. The van der Waals surface area contributed by atoms with E-state index in [0.717, 1.165) is 5.56 Å². The van der Waals surface area contributed by atoms with E-state index < -0.39 is 30.4 Å². The first-order chi connectivity index (χ1) is 9.70. The normalized spacial score (nSPS) is 11.6. The lowest BCUT2D eigenvalue weighted by Crippen LogP contribution is -2.45. The van der Waals surface area contributed by atoms with Crippen LogP contribution in [-0.2, 0) is 9.59 Å².